The predicted molar refractivity (Wildman–Crippen MR) is 126 cm³/mol. The molecule has 0 fully saturated rings. The number of methoxy groups -OCH3 is 1. The van der Waals surface area contributed by atoms with Gasteiger partial charge in [0, 0.05) is 22.9 Å². The molecule has 0 bridgehead atoms. The average Bonchev–Trinajstić information content (AvgIpc) is 3.26. The summed E-state index contributed by atoms with van der Waals surface area (Å²) < 4.78 is 12.3. The molecule has 2 aromatic carbocycles. The number of carboxylic acid groups (broad SMARTS) is 1. The van der Waals surface area contributed by atoms with Crippen LogP contribution in [0.15, 0.2) is 54.2 Å². The molecule has 4 rings (SSSR count). The highest BCUT2D eigenvalue weighted by Crippen LogP contribution is 2.30. The molecule has 0 amide bonds. The minimum atomic E-state index is -1.03. The molecule has 2 N–H and O–H groups in total. The number of nitrogens with one attached hydrogen (secondary N) is 1. The Balaban J connectivity index is 1.49. The van der Waals surface area contributed by atoms with Crippen molar-refractivity contribution in [3.8, 4) is 22.8 Å². The monoisotopic (exact) mass is 449 g/mol. The lowest BCUT2D eigenvalue weighted by molar-refractivity contribution is 0.0692. The van der Waals surface area contributed by atoms with Gasteiger partial charge in [-0.3, -0.25) is 0 Å². The van der Waals surface area contributed by atoms with Gasteiger partial charge in [-0.25, -0.2) is 14.8 Å². The maximum Gasteiger partial charge on any atom is 0.339 e. The number of hydrogen-bond donors (Lipinski definition) is 2. The molecule has 4 aromatic rings. The first-order valence-electron chi connectivity index (χ1n) is 10.2. The van der Waals surface area contributed by atoms with Gasteiger partial charge in [-0.1, -0.05) is 6.07 Å². The van der Waals surface area contributed by atoms with Crippen LogP contribution in [0.25, 0.3) is 21.3 Å². The van der Waals surface area contributed by atoms with Gasteiger partial charge >= 0.3 is 5.97 Å². The van der Waals surface area contributed by atoms with Crippen molar-refractivity contribution in [1.82, 2.24) is 9.97 Å². The van der Waals surface area contributed by atoms with Crippen molar-refractivity contribution in [3.05, 3.63) is 65.3 Å². The largest absolute Gasteiger partial charge is 0.496 e. The standard InChI is InChI=1S/C24H23N3O4S/c1-3-31-21-11-15(4-5-18(21)24(28)29)19-12-23(27-14-26-19)25-8-6-16-10-17-7-9-32-22(17)13-20(16)30-2/h4-5,7,9-14H,3,6,8H2,1-2H3,(H,28,29)(H,25,26,27). The molecule has 0 unspecified atom stereocenters. The van der Waals surface area contributed by atoms with E-state index in [9.17, 15) is 9.90 Å². The molecular weight excluding hydrogens is 426 g/mol. The van der Waals surface area contributed by atoms with E-state index in [2.05, 4.69) is 38.9 Å². The molecule has 0 aliphatic heterocycles. The zero-order valence-corrected chi connectivity index (χ0v) is 18.6. The molecule has 2 aromatic heterocycles. The number of ether oxygens (including phenoxy) is 2. The summed E-state index contributed by atoms with van der Waals surface area (Å²) in [5, 5.41) is 16.0. The Kier molecular flexibility index (Phi) is 6.51. The highest BCUT2D eigenvalue weighted by atomic mass is 32.1. The highest BCUT2D eigenvalue weighted by Gasteiger charge is 2.13. The Morgan fingerprint density at radius 1 is 1.12 bits per heavy atom. The minimum absolute atomic E-state index is 0.125. The number of carboxylic acids is 1. The first-order chi connectivity index (χ1) is 15.6. The third-order valence-electron chi connectivity index (χ3n) is 5.03. The summed E-state index contributed by atoms with van der Waals surface area (Å²) in [6.07, 6.45) is 2.26. The second-order valence-electron chi connectivity index (χ2n) is 7.04. The Labute approximate surface area is 189 Å². The lowest BCUT2D eigenvalue weighted by Crippen LogP contribution is -2.07. The number of hydrogen-bond acceptors (Lipinski definition) is 7. The van der Waals surface area contributed by atoms with Crippen molar-refractivity contribution in [2.45, 2.75) is 13.3 Å². The minimum Gasteiger partial charge on any atom is -0.496 e. The lowest BCUT2D eigenvalue weighted by Gasteiger charge is -2.12. The molecule has 164 valence electrons. The number of aromatic carboxylic acids is 1. The molecule has 0 spiro atoms. The molecule has 32 heavy (non-hydrogen) atoms. The van der Waals surface area contributed by atoms with Crippen molar-refractivity contribution < 1.29 is 19.4 Å². The summed E-state index contributed by atoms with van der Waals surface area (Å²) in [5.74, 6) is 0.862. The first-order valence-corrected chi connectivity index (χ1v) is 11.1. The van der Waals surface area contributed by atoms with Crippen LogP contribution in [0.3, 0.4) is 0 Å². The summed E-state index contributed by atoms with van der Waals surface area (Å²) in [6.45, 7) is 2.86. The molecule has 7 nitrogen and oxygen atoms in total. The van der Waals surface area contributed by atoms with Crippen molar-refractivity contribution in [2.75, 3.05) is 25.6 Å². The molecule has 0 aliphatic rings. The summed E-state index contributed by atoms with van der Waals surface area (Å²) in [6, 6.07) is 13.1. The van der Waals surface area contributed by atoms with Gasteiger partial charge in [0.15, 0.2) is 0 Å². The van der Waals surface area contributed by atoms with Gasteiger partial charge in [0.25, 0.3) is 0 Å². The van der Waals surface area contributed by atoms with Crippen LogP contribution in [0.2, 0.25) is 0 Å². The van der Waals surface area contributed by atoms with E-state index in [1.807, 2.05) is 13.0 Å². The summed E-state index contributed by atoms with van der Waals surface area (Å²) >= 11 is 1.70. The zero-order valence-electron chi connectivity index (χ0n) is 17.8. The Bertz CT molecular complexity index is 1260. The van der Waals surface area contributed by atoms with Crippen molar-refractivity contribution >= 4 is 33.2 Å². The van der Waals surface area contributed by atoms with Crippen LogP contribution in [0.1, 0.15) is 22.8 Å². The highest BCUT2D eigenvalue weighted by molar-refractivity contribution is 7.17. The summed E-state index contributed by atoms with van der Waals surface area (Å²) in [5.41, 5.74) is 2.69. The molecular formula is C24H23N3O4S. The van der Waals surface area contributed by atoms with Crippen LogP contribution in [-0.4, -0.2) is 41.3 Å². The van der Waals surface area contributed by atoms with E-state index < -0.39 is 5.97 Å². The number of fused-ring (bicyclic) bond motifs is 1. The molecule has 8 heteroatoms. The van der Waals surface area contributed by atoms with Gasteiger partial charge < -0.3 is 19.9 Å². The molecule has 0 saturated carbocycles. The molecule has 0 saturated heterocycles. The van der Waals surface area contributed by atoms with Crippen molar-refractivity contribution in [2.24, 2.45) is 0 Å². The van der Waals surface area contributed by atoms with E-state index in [1.54, 1.807) is 30.6 Å². The summed E-state index contributed by atoms with van der Waals surface area (Å²) in [7, 11) is 1.69. The number of aromatic nitrogens is 2. The normalized spacial score (nSPS) is 10.8. The second kappa shape index (κ2) is 9.65. The smallest absolute Gasteiger partial charge is 0.339 e. The number of nitrogens with zero attached hydrogens (tertiary/aromatic N) is 2. The Hall–Kier alpha value is -3.65. The number of thiophene rings is 1. The van der Waals surface area contributed by atoms with Gasteiger partial charge in [0.1, 0.15) is 29.2 Å². The van der Waals surface area contributed by atoms with Crippen LogP contribution in [0.5, 0.6) is 11.5 Å². The molecule has 0 radical (unpaired) electrons. The number of carbonyl (C=O) groups is 1. The van der Waals surface area contributed by atoms with Crippen LogP contribution < -0.4 is 14.8 Å². The Morgan fingerprint density at radius 3 is 2.78 bits per heavy atom. The number of anilines is 1. The van der Waals surface area contributed by atoms with E-state index >= 15 is 0 Å². The van der Waals surface area contributed by atoms with Crippen LogP contribution >= 0.6 is 11.3 Å². The topological polar surface area (TPSA) is 93.6 Å². The van der Waals surface area contributed by atoms with Crippen LogP contribution in [-0.2, 0) is 6.42 Å². The van der Waals surface area contributed by atoms with Gasteiger partial charge in [-0.05, 0) is 60.0 Å². The third kappa shape index (κ3) is 4.65. The van der Waals surface area contributed by atoms with E-state index in [0.29, 0.717) is 30.4 Å². The molecule has 2 heterocycles. The maximum absolute atomic E-state index is 11.4. The van der Waals surface area contributed by atoms with E-state index in [-0.39, 0.29) is 5.56 Å². The van der Waals surface area contributed by atoms with Gasteiger partial charge in [-0.15, -0.1) is 11.3 Å². The summed E-state index contributed by atoms with van der Waals surface area (Å²) in [4.78, 5) is 20.1. The van der Waals surface area contributed by atoms with Gasteiger partial charge in [0.2, 0.25) is 0 Å². The first kappa shape index (κ1) is 21.6. The average molecular weight is 450 g/mol. The Morgan fingerprint density at radius 2 is 2.00 bits per heavy atom. The SMILES string of the molecule is CCOc1cc(-c2cc(NCCc3cc4ccsc4cc3OC)ncn2)ccc1C(=O)O. The predicted octanol–water partition coefficient (Wildman–Crippen LogP) is 5.12. The maximum atomic E-state index is 11.4. The number of rotatable bonds is 9. The fourth-order valence-electron chi connectivity index (χ4n) is 3.49. The fourth-order valence-corrected chi connectivity index (χ4v) is 4.29. The van der Waals surface area contributed by atoms with Crippen molar-refractivity contribution in [1.29, 1.82) is 0 Å². The van der Waals surface area contributed by atoms with Gasteiger partial charge in [0.05, 0.1) is 19.4 Å². The van der Waals surface area contributed by atoms with Crippen molar-refractivity contribution in [3.63, 3.8) is 0 Å². The molecule has 0 aliphatic carbocycles. The van der Waals surface area contributed by atoms with E-state index in [4.69, 9.17) is 9.47 Å². The quantitative estimate of drug-likeness (QED) is 0.366. The second-order valence-corrected chi connectivity index (χ2v) is 7.98. The zero-order chi connectivity index (χ0) is 22.5. The molecule has 0 atom stereocenters. The third-order valence-corrected chi connectivity index (χ3v) is 5.91. The van der Waals surface area contributed by atoms with Crippen LogP contribution in [0.4, 0.5) is 5.82 Å². The van der Waals surface area contributed by atoms with E-state index in [0.717, 1.165) is 23.3 Å². The van der Waals surface area contributed by atoms with E-state index in [1.165, 1.54) is 22.5 Å². The lowest BCUT2D eigenvalue weighted by atomic mass is 10.1. The fraction of sp³-hybridized carbons (Fsp3) is 0.208. The number of benzene rings is 2. The van der Waals surface area contributed by atoms with Gasteiger partial charge in [-0.2, -0.15) is 0 Å². The van der Waals surface area contributed by atoms with Crippen LogP contribution in [0, 0.1) is 0 Å².